The van der Waals surface area contributed by atoms with Crippen molar-refractivity contribution in [1.29, 1.82) is 0 Å². The summed E-state index contributed by atoms with van der Waals surface area (Å²) in [6.07, 6.45) is 5.41. The van der Waals surface area contributed by atoms with Crippen molar-refractivity contribution in [3.63, 3.8) is 0 Å². The molecule has 3 saturated carbocycles. The van der Waals surface area contributed by atoms with Crippen LogP contribution in [0, 0.1) is 34.9 Å². The molecule has 0 aromatic heterocycles. The van der Waals surface area contributed by atoms with Crippen LogP contribution >= 0.6 is 0 Å². The summed E-state index contributed by atoms with van der Waals surface area (Å²) in [5.74, 6) is -2.10. The fourth-order valence-corrected chi connectivity index (χ4v) is 6.25. The Morgan fingerprint density at radius 3 is 2.37 bits per heavy atom. The third-order valence-electron chi connectivity index (χ3n) is 9.03. The van der Waals surface area contributed by atoms with Gasteiger partial charge in [0, 0.05) is 18.7 Å². The summed E-state index contributed by atoms with van der Waals surface area (Å²) in [5.41, 5.74) is 0.147. The van der Waals surface area contributed by atoms with Gasteiger partial charge >= 0.3 is 5.97 Å². The van der Waals surface area contributed by atoms with Gasteiger partial charge in [0.25, 0.3) is 5.91 Å². The Hall–Kier alpha value is -2.84. The molecule has 0 aliphatic heterocycles. The summed E-state index contributed by atoms with van der Waals surface area (Å²) in [5, 5.41) is 15.4. The molecule has 210 valence electrons. The van der Waals surface area contributed by atoms with Crippen molar-refractivity contribution in [2.75, 3.05) is 13.7 Å². The molecular formula is C29H41FN2O6. The van der Waals surface area contributed by atoms with E-state index in [1.54, 1.807) is 0 Å². The second-order valence-corrected chi connectivity index (χ2v) is 12.0. The Labute approximate surface area is 224 Å². The molecule has 8 nitrogen and oxygen atoms in total. The van der Waals surface area contributed by atoms with Crippen LogP contribution in [0.15, 0.2) is 12.1 Å². The first-order valence-electron chi connectivity index (χ1n) is 13.9. The van der Waals surface area contributed by atoms with E-state index in [1.165, 1.54) is 13.2 Å². The van der Waals surface area contributed by atoms with E-state index in [0.29, 0.717) is 32.2 Å². The molecular weight excluding hydrogens is 491 g/mol. The second kappa shape index (κ2) is 11.5. The Kier molecular flexibility index (Phi) is 8.52. The molecule has 3 fully saturated rings. The van der Waals surface area contributed by atoms with Crippen LogP contribution in [0.4, 0.5) is 4.39 Å². The lowest BCUT2D eigenvalue weighted by Gasteiger charge is -2.32. The van der Waals surface area contributed by atoms with Gasteiger partial charge in [0.1, 0.15) is 5.75 Å². The number of fused-ring (bicyclic) bond motifs is 2. The maximum Gasteiger partial charge on any atom is 0.306 e. The zero-order valence-electron chi connectivity index (χ0n) is 22.8. The number of hydrogen-bond donors (Lipinski definition) is 3. The van der Waals surface area contributed by atoms with Crippen molar-refractivity contribution >= 4 is 17.8 Å². The van der Waals surface area contributed by atoms with Gasteiger partial charge < -0.3 is 25.2 Å². The standard InChI is InChI=1S/C29H41FN2O6/c1-5-29(2,3)15-31-27(34)24-17-6-7-18(12-17)25(24)32-26(33)20-13-23(21(30)14-22(20)37-4)38-19-10-8-16(9-11-19)28(35)36/h13-14,16-19,24-25H,5-12,15H2,1-4H3,(H,31,34)(H,32,33)(H,35,36)/t16?,17-,18+,19?,24+,25-/m1/s1. The minimum absolute atomic E-state index is 0.00320. The van der Waals surface area contributed by atoms with Crippen molar-refractivity contribution in [2.45, 2.75) is 84.3 Å². The number of hydrogen-bond acceptors (Lipinski definition) is 5. The van der Waals surface area contributed by atoms with E-state index in [0.717, 1.165) is 31.7 Å². The average molecular weight is 533 g/mol. The number of methoxy groups -OCH3 is 1. The van der Waals surface area contributed by atoms with Gasteiger partial charge in [0.15, 0.2) is 11.6 Å². The van der Waals surface area contributed by atoms with Gasteiger partial charge in [-0.1, -0.05) is 20.8 Å². The molecule has 2 amide bonds. The van der Waals surface area contributed by atoms with E-state index < -0.39 is 23.6 Å². The van der Waals surface area contributed by atoms with Crippen LogP contribution < -0.4 is 20.1 Å². The number of carboxylic acid groups (broad SMARTS) is 1. The molecule has 4 rings (SSSR count). The Morgan fingerprint density at radius 1 is 1.05 bits per heavy atom. The zero-order valence-corrected chi connectivity index (χ0v) is 22.8. The predicted octanol–water partition coefficient (Wildman–Crippen LogP) is 4.55. The van der Waals surface area contributed by atoms with Gasteiger partial charge in [-0.25, -0.2) is 4.39 Å². The second-order valence-electron chi connectivity index (χ2n) is 12.0. The fourth-order valence-electron chi connectivity index (χ4n) is 6.25. The van der Waals surface area contributed by atoms with Crippen LogP contribution in [0.1, 0.15) is 82.5 Å². The quantitative estimate of drug-likeness (QED) is 0.407. The van der Waals surface area contributed by atoms with Crippen molar-refractivity contribution in [3.05, 3.63) is 23.5 Å². The first-order valence-corrected chi connectivity index (χ1v) is 13.9. The highest BCUT2D eigenvalue weighted by atomic mass is 19.1. The third kappa shape index (κ3) is 6.07. The smallest absolute Gasteiger partial charge is 0.306 e. The average Bonchev–Trinajstić information content (AvgIpc) is 3.50. The number of halogens is 1. The van der Waals surface area contributed by atoms with Gasteiger partial charge in [-0.05, 0) is 74.7 Å². The Balaban J connectivity index is 1.47. The van der Waals surface area contributed by atoms with Crippen molar-refractivity contribution < 1.29 is 33.4 Å². The topological polar surface area (TPSA) is 114 Å². The number of amides is 2. The van der Waals surface area contributed by atoms with Crippen LogP contribution in [0.5, 0.6) is 11.5 Å². The summed E-state index contributed by atoms with van der Waals surface area (Å²) in [6.45, 7) is 6.91. The molecule has 38 heavy (non-hydrogen) atoms. The van der Waals surface area contributed by atoms with Crippen LogP contribution in [0.25, 0.3) is 0 Å². The third-order valence-corrected chi connectivity index (χ3v) is 9.03. The predicted molar refractivity (Wildman–Crippen MR) is 140 cm³/mol. The van der Waals surface area contributed by atoms with Crippen LogP contribution in [0.3, 0.4) is 0 Å². The Morgan fingerprint density at radius 2 is 1.74 bits per heavy atom. The fraction of sp³-hybridized carbons (Fsp3) is 0.690. The highest BCUT2D eigenvalue weighted by molar-refractivity contribution is 5.98. The molecule has 4 atom stereocenters. The van der Waals surface area contributed by atoms with Gasteiger partial charge in [-0.2, -0.15) is 0 Å². The first-order chi connectivity index (χ1) is 18.0. The lowest BCUT2D eigenvalue weighted by molar-refractivity contribution is -0.143. The van der Waals surface area contributed by atoms with Crippen LogP contribution in [0.2, 0.25) is 0 Å². The molecule has 9 heteroatoms. The number of carboxylic acids is 1. The number of carbonyl (C=O) groups is 3. The lowest BCUT2D eigenvalue weighted by atomic mass is 9.83. The summed E-state index contributed by atoms with van der Waals surface area (Å²) in [4.78, 5) is 38.0. The zero-order chi connectivity index (χ0) is 27.6. The van der Waals surface area contributed by atoms with E-state index >= 15 is 0 Å². The maximum atomic E-state index is 14.9. The van der Waals surface area contributed by atoms with Crippen LogP contribution in [-0.4, -0.2) is 48.7 Å². The van der Waals surface area contributed by atoms with Gasteiger partial charge in [0.2, 0.25) is 5.91 Å². The molecule has 3 N–H and O–H groups in total. The number of carbonyl (C=O) groups excluding carboxylic acids is 2. The minimum atomic E-state index is -0.820. The summed E-state index contributed by atoms with van der Waals surface area (Å²) in [7, 11) is 1.38. The molecule has 2 bridgehead atoms. The van der Waals surface area contributed by atoms with Gasteiger partial charge in [-0.15, -0.1) is 0 Å². The molecule has 0 saturated heterocycles. The highest BCUT2D eigenvalue weighted by Gasteiger charge is 2.51. The molecule has 3 aliphatic rings. The Bertz CT molecular complexity index is 1050. The largest absolute Gasteiger partial charge is 0.496 e. The SMILES string of the molecule is CCC(C)(C)CNC(=O)[C@H]1[C@@H]2CC[C@@H](C2)[C@H]1NC(=O)c1cc(OC2CCC(C(=O)O)CC2)c(F)cc1OC. The molecule has 0 unspecified atom stereocenters. The highest BCUT2D eigenvalue weighted by Crippen LogP contribution is 2.49. The van der Waals surface area contributed by atoms with Crippen molar-refractivity contribution in [3.8, 4) is 11.5 Å². The summed E-state index contributed by atoms with van der Waals surface area (Å²) in [6, 6.07) is 2.21. The number of rotatable bonds is 10. The molecule has 3 aliphatic carbocycles. The molecule has 0 heterocycles. The number of nitrogens with one attached hydrogen (secondary N) is 2. The summed E-state index contributed by atoms with van der Waals surface area (Å²) < 4.78 is 26.1. The minimum Gasteiger partial charge on any atom is -0.496 e. The first kappa shape index (κ1) is 28.2. The van der Waals surface area contributed by atoms with E-state index in [1.807, 2.05) is 0 Å². The molecule has 1 aromatic rings. The van der Waals surface area contributed by atoms with Crippen molar-refractivity contribution in [2.24, 2.45) is 29.1 Å². The van der Waals surface area contributed by atoms with E-state index in [9.17, 15) is 23.9 Å². The maximum absolute atomic E-state index is 14.9. The monoisotopic (exact) mass is 532 g/mol. The number of ether oxygens (including phenoxy) is 2. The van der Waals surface area contributed by atoms with Crippen LogP contribution in [-0.2, 0) is 9.59 Å². The normalized spacial score (nSPS) is 28.6. The molecule has 0 spiro atoms. The van der Waals surface area contributed by atoms with Crippen molar-refractivity contribution in [1.82, 2.24) is 10.6 Å². The van der Waals surface area contributed by atoms with Gasteiger partial charge in [0.05, 0.1) is 30.6 Å². The number of aliphatic carboxylic acids is 1. The van der Waals surface area contributed by atoms with E-state index in [4.69, 9.17) is 9.47 Å². The molecule has 1 aromatic carbocycles. The number of benzene rings is 1. The van der Waals surface area contributed by atoms with Gasteiger partial charge in [-0.3, -0.25) is 14.4 Å². The van der Waals surface area contributed by atoms with E-state index in [2.05, 4.69) is 31.4 Å². The summed E-state index contributed by atoms with van der Waals surface area (Å²) >= 11 is 0. The van der Waals surface area contributed by atoms with E-state index in [-0.39, 0.29) is 58.3 Å². The lowest BCUT2D eigenvalue weighted by Crippen LogP contribution is -2.50. The molecule has 0 radical (unpaired) electrons.